The van der Waals surface area contributed by atoms with Crippen LogP contribution in [0.5, 0.6) is 5.75 Å². The van der Waals surface area contributed by atoms with Gasteiger partial charge in [-0.15, -0.1) is 11.8 Å². The monoisotopic (exact) mass is 291 g/mol. The lowest BCUT2D eigenvalue weighted by Gasteiger charge is -2.21. The molecule has 0 saturated carbocycles. The predicted octanol–water partition coefficient (Wildman–Crippen LogP) is 4.01. The lowest BCUT2D eigenvalue weighted by molar-refractivity contribution is 0.414. The normalized spacial score (nSPS) is 13.8. The molecule has 0 heterocycles. The number of benzene rings is 2. The van der Waals surface area contributed by atoms with E-state index in [4.69, 9.17) is 10.5 Å². The van der Waals surface area contributed by atoms with E-state index < -0.39 is 0 Å². The number of methoxy groups -OCH3 is 1. The van der Waals surface area contributed by atoms with Gasteiger partial charge in [-0.3, -0.25) is 0 Å². The summed E-state index contributed by atoms with van der Waals surface area (Å²) in [4.78, 5) is 0.609. The van der Waals surface area contributed by atoms with Crippen LogP contribution < -0.4 is 10.5 Å². The third-order valence-corrected chi connectivity index (χ3v) is 4.53. The maximum atomic E-state index is 13.8. The van der Waals surface area contributed by atoms with Gasteiger partial charge in [-0.1, -0.05) is 24.3 Å². The second kappa shape index (κ2) is 6.77. The first-order chi connectivity index (χ1) is 9.61. The molecular formula is C16H18FNOS. The molecule has 0 amide bonds. The van der Waals surface area contributed by atoms with E-state index >= 15 is 0 Å². The number of hydrogen-bond donors (Lipinski definition) is 1. The Kier molecular flexibility index (Phi) is 5.04. The summed E-state index contributed by atoms with van der Waals surface area (Å²) in [7, 11) is 1.63. The Bertz CT molecular complexity index is 574. The Morgan fingerprint density at radius 2 is 1.90 bits per heavy atom. The first-order valence-electron chi connectivity index (χ1n) is 6.42. The van der Waals surface area contributed by atoms with E-state index in [2.05, 4.69) is 0 Å². The van der Waals surface area contributed by atoms with E-state index in [0.717, 1.165) is 11.3 Å². The van der Waals surface area contributed by atoms with Crippen molar-refractivity contribution < 1.29 is 9.13 Å². The van der Waals surface area contributed by atoms with Gasteiger partial charge in [0, 0.05) is 16.2 Å². The molecule has 2 rings (SSSR count). The van der Waals surface area contributed by atoms with E-state index in [1.54, 1.807) is 19.2 Å². The minimum atomic E-state index is -0.217. The lowest BCUT2D eigenvalue weighted by Crippen LogP contribution is -2.22. The largest absolute Gasteiger partial charge is 0.497 e. The van der Waals surface area contributed by atoms with E-state index in [9.17, 15) is 4.39 Å². The molecule has 2 nitrogen and oxygen atoms in total. The van der Waals surface area contributed by atoms with Gasteiger partial charge in [-0.05, 0) is 36.8 Å². The Morgan fingerprint density at radius 3 is 2.55 bits per heavy atom. The highest BCUT2D eigenvalue weighted by Crippen LogP contribution is 2.39. The molecule has 2 aromatic carbocycles. The van der Waals surface area contributed by atoms with Crippen molar-refractivity contribution in [3.05, 3.63) is 59.9 Å². The van der Waals surface area contributed by atoms with E-state index in [-0.39, 0.29) is 17.1 Å². The molecule has 2 unspecified atom stereocenters. The average Bonchev–Trinajstić information content (AvgIpc) is 2.46. The second-order valence-corrected chi connectivity index (χ2v) is 5.79. The van der Waals surface area contributed by atoms with Crippen LogP contribution >= 0.6 is 11.8 Å². The number of ether oxygens (including phenoxy) is 1. The molecule has 0 bridgehead atoms. The lowest BCUT2D eigenvalue weighted by atomic mass is 10.1. The number of halogens is 1. The van der Waals surface area contributed by atoms with Crippen LogP contribution in [-0.2, 0) is 0 Å². The number of rotatable bonds is 5. The predicted molar refractivity (Wildman–Crippen MR) is 81.6 cm³/mol. The molecule has 4 heteroatoms. The first-order valence-corrected chi connectivity index (χ1v) is 7.30. The Hall–Kier alpha value is -1.52. The molecule has 0 aliphatic carbocycles. The summed E-state index contributed by atoms with van der Waals surface area (Å²) in [5.74, 6) is 0.563. The molecule has 0 aromatic heterocycles. The van der Waals surface area contributed by atoms with Gasteiger partial charge in [-0.2, -0.15) is 0 Å². The van der Waals surface area contributed by atoms with Gasteiger partial charge < -0.3 is 10.5 Å². The van der Waals surface area contributed by atoms with Crippen molar-refractivity contribution in [1.82, 2.24) is 0 Å². The highest BCUT2D eigenvalue weighted by Gasteiger charge is 2.19. The maximum absolute atomic E-state index is 13.8. The molecule has 2 N–H and O–H groups in total. The van der Waals surface area contributed by atoms with Crippen molar-refractivity contribution in [3.63, 3.8) is 0 Å². The summed E-state index contributed by atoms with van der Waals surface area (Å²) in [5, 5.41) is -0.0259. The van der Waals surface area contributed by atoms with Crippen molar-refractivity contribution in [2.75, 3.05) is 7.11 Å². The van der Waals surface area contributed by atoms with Crippen molar-refractivity contribution in [2.45, 2.75) is 23.1 Å². The zero-order valence-electron chi connectivity index (χ0n) is 11.5. The van der Waals surface area contributed by atoms with Crippen molar-refractivity contribution in [2.24, 2.45) is 5.73 Å². The number of thioether (sulfide) groups is 1. The van der Waals surface area contributed by atoms with Crippen LogP contribution in [0.1, 0.15) is 17.7 Å². The quantitative estimate of drug-likeness (QED) is 0.845. The standard InChI is InChI=1S/C16H18FNOS/c1-11(18)16(12-6-5-7-13(10-12)19-2)20-15-9-4-3-8-14(15)17/h3-11,16H,18H2,1-2H3. The minimum Gasteiger partial charge on any atom is -0.497 e. The summed E-state index contributed by atoms with van der Waals surface area (Å²) >= 11 is 1.44. The molecule has 0 saturated heterocycles. The van der Waals surface area contributed by atoms with Gasteiger partial charge in [0.2, 0.25) is 0 Å². The molecule has 20 heavy (non-hydrogen) atoms. The molecule has 2 aromatic rings. The van der Waals surface area contributed by atoms with E-state index in [1.165, 1.54) is 17.8 Å². The topological polar surface area (TPSA) is 35.2 Å². The van der Waals surface area contributed by atoms with Gasteiger partial charge in [-0.25, -0.2) is 4.39 Å². The Morgan fingerprint density at radius 1 is 1.15 bits per heavy atom. The maximum Gasteiger partial charge on any atom is 0.136 e. The molecule has 0 fully saturated rings. The van der Waals surface area contributed by atoms with Gasteiger partial charge >= 0.3 is 0 Å². The molecule has 0 spiro atoms. The zero-order chi connectivity index (χ0) is 14.5. The summed E-state index contributed by atoms with van der Waals surface area (Å²) in [6, 6.07) is 14.4. The highest BCUT2D eigenvalue weighted by atomic mass is 32.2. The number of hydrogen-bond acceptors (Lipinski definition) is 3. The van der Waals surface area contributed by atoms with Crippen LogP contribution in [-0.4, -0.2) is 13.2 Å². The van der Waals surface area contributed by atoms with Crippen LogP contribution in [0.3, 0.4) is 0 Å². The second-order valence-electron chi connectivity index (χ2n) is 4.60. The molecule has 106 valence electrons. The fourth-order valence-corrected chi connectivity index (χ4v) is 3.08. The molecule has 0 aliphatic heterocycles. The zero-order valence-corrected chi connectivity index (χ0v) is 12.4. The first kappa shape index (κ1) is 14.9. The molecule has 0 radical (unpaired) electrons. The Balaban J connectivity index is 2.29. The van der Waals surface area contributed by atoms with E-state index in [1.807, 2.05) is 37.3 Å². The SMILES string of the molecule is COc1cccc(C(Sc2ccccc2F)C(C)N)c1. The third kappa shape index (κ3) is 3.52. The fourth-order valence-electron chi connectivity index (χ4n) is 1.97. The summed E-state index contributed by atoms with van der Waals surface area (Å²) in [5.41, 5.74) is 7.11. The van der Waals surface area contributed by atoms with Crippen LogP contribution in [0.25, 0.3) is 0 Å². The summed E-state index contributed by atoms with van der Waals surface area (Å²) in [6.07, 6.45) is 0. The average molecular weight is 291 g/mol. The van der Waals surface area contributed by atoms with Gasteiger partial charge in [0.05, 0.1) is 7.11 Å². The summed E-state index contributed by atoms with van der Waals surface area (Å²) in [6.45, 7) is 1.93. The third-order valence-electron chi connectivity index (χ3n) is 2.99. The van der Waals surface area contributed by atoms with Crippen LogP contribution in [0, 0.1) is 5.82 Å². The molecular weight excluding hydrogens is 273 g/mol. The van der Waals surface area contributed by atoms with Crippen LogP contribution in [0.4, 0.5) is 4.39 Å². The van der Waals surface area contributed by atoms with Crippen LogP contribution in [0.2, 0.25) is 0 Å². The Labute approximate surface area is 123 Å². The van der Waals surface area contributed by atoms with Crippen molar-refractivity contribution >= 4 is 11.8 Å². The molecule has 0 aliphatic rings. The van der Waals surface area contributed by atoms with Crippen LogP contribution in [0.15, 0.2) is 53.4 Å². The van der Waals surface area contributed by atoms with E-state index in [0.29, 0.717) is 4.90 Å². The van der Waals surface area contributed by atoms with Crippen molar-refractivity contribution in [3.8, 4) is 5.75 Å². The van der Waals surface area contributed by atoms with Gasteiger partial charge in [0.15, 0.2) is 0 Å². The smallest absolute Gasteiger partial charge is 0.136 e. The van der Waals surface area contributed by atoms with Gasteiger partial charge in [0.1, 0.15) is 11.6 Å². The number of nitrogens with two attached hydrogens (primary N) is 1. The highest BCUT2D eigenvalue weighted by molar-refractivity contribution is 7.99. The van der Waals surface area contributed by atoms with Gasteiger partial charge in [0.25, 0.3) is 0 Å². The summed E-state index contributed by atoms with van der Waals surface area (Å²) < 4.78 is 19.0. The fraction of sp³-hybridized carbons (Fsp3) is 0.250. The molecule has 2 atom stereocenters. The van der Waals surface area contributed by atoms with Crippen molar-refractivity contribution in [1.29, 1.82) is 0 Å². The minimum absolute atomic E-state index is 0.0259.